The Balaban J connectivity index is 2.09. The summed E-state index contributed by atoms with van der Waals surface area (Å²) in [5.74, 6) is 0.189. The van der Waals surface area contributed by atoms with E-state index in [1.54, 1.807) is 7.11 Å². The van der Waals surface area contributed by atoms with Crippen molar-refractivity contribution in [3.05, 3.63) is 28.2 Å². The Morgan fingerprint density at radius 2 is 2.35 bits per heavy atom. The Morgan fingerprint density at radius 1 is 1.55 bits per heavy atom. The summed E-state index contributed by atoms with van der Waals surface area (Å²) in [5, 5.41) is 6.41. The molecule has 4 nitrogen and oxygen atoms in total. The molecule has 0 bridgehead atoms. The fraction of sp³-hybridized carbons (Fsp3) is 0.533. The molecule has 20 heavy (non-hydrogen) atoms. The zero-order valence-corrected chi connectivity index (χ0v) is 13.5. The van der Waals surface area contributed by atoms with Gasteiger partial charge in [-0.1, -0.05) is 22.0 Å². The minimum Gasteiger partial charge on any atom is -0.380 e. The van der Waals surface area contributed by atoms with Gasteiger partial charge in [0.05, 0.1) is 6.61 Å². The highest BCUT2D eigenvalue weighted by Crippen LogP contribution is 2.27. The molecule has 110 valence electrons. The summed E-state index contributed by atoms with van der Waals surface area (Å²) in [6, 6.07) is 6.20. The monoisotopic (exact) mass is 340 g/mol. The van der Waals surface area contributed by atoms with E-state index in [1.807, 2.05) is 18.2 Å². The van der Waals surface area contributed by atoms with Gasteiger partial charge < -0.3 is 15.4 Å². The first kappa shape index (κ1) is 15.5. The molecular formula is C15H21BrN2O2. The molecule has 1 aliphatic rings. The van der Waals surface area contributed by atoms with Crippen molar-refractivity contribution in [2.45, 2.75) is 32.4 Å². The fourth-order valence-electron chi connectivity index (χ4n) is 2.57. The summed E-state index contributed by atoms with van der Waals surface area (Å²) >= 11 is 3.50. The van der Waals surface area contributed by atoms with Crippen LogP contribution in [-0.4, -0.2) is 25.6 Å². The number of piperidine rings is 1. The van der Waals surface area contributed by atoms with Gasteiger partial charge in [0.1, 0.15) is 0 Å². The van der Waals surface area contributed by atoms with Crippen LogP contribution in [-0.2, 0) is 16.1 Å². The van der Waals surface area contributed by atoms with Crippen molar-refractivity contribution in [1.29, 1.82) is 0 Å². The summed E-state index contributed by atoms with van der Waals surface area (Å²) in [6.45, 7) is 3.50. The molecule has 1 aliphatic heterocycles. The Morgan fingerprint density at radius 3 is 3.05 bits per heavy atom. The van der Waals surface area contributed by atoms with Crippen molar-refractivity contribution in [2.24, 2.45) is 5.92 Å². The quantitative estimate of drug-likeness (QED) is 0.885. The molecule has 1 amide bonds. The number of rotatable bonds is 4. The molecule has 0 aromatic heterocycles. The standard InChI is InChI=1S/C15H21BrN2O2/c1-10-8-11(6-7-17-10)15(19)18-14-5-3-4-13(16)12(14)9-20-2/h3-5,10-11,17H,6-9H2,1-2H3,(H,18,19). The minimum absolute atomic E-state index is 0.0839. The second-order valence-corrected chi connectivity index (χ2v) is 6.12. The van der Waals surface area contributed by atoms with Gasteiger partial charge in [0.15, 0.2) is 0 Å². The number of hydrogen-bond acceptors (Lipinski definition) is 3. The molecule has 1 aromatic rings. The number of carbonyl (C=O) groups is 1. The zero-order valence-electron chi connectivity index (χ0n) is 11.9. The van der Waals surface area contributed by atoms with E-state index in [9.17, 15) is 4.79 Å². The number of halogens is 1. The van der Waals surface area contributed by atoms with Crippen LogP contribution in [0.1, 0.15) is 25.3 Å². The number of carbonyl (C=O) groups excluding carboxylic acids is 1. The Labute approximate surface area is 128 Å². The van der Waals surface area contributed by atoms with Crippen molar-refractivity contribution in [3.63, 3.8) is 0 Å². The van der Waals surface area contributed by atoms with Crippen LogP contribution in [0, 0.1) is 5.92 Å². The third kappa shape index (κ3) is 3.81. The van der Waals surface area contributed by atoms with Gasteiger partial charge in [0.25, 0.3) is 0 Å². The average Bonchev–Trinajstić information content (AvgIpc) is 2.42. The van der Waals surface area contributed by atoms with Crippen molar-refractivity contribution >= 4 is 27.5 Å². The number of benzene rings is 1. The first-order chi connectivity index (χ1) is 9.61. The third-order valence-electron chi connectivity index (χ3n) is 3.66. The largest absolute Gasteiger partial charge is 0.380 e. The van der Waals surface area contributed by atoms with Crippen molar-refractivity contribution in [2.75, 3.05) is 19.0 Å². The van der Waals surface area contributed by atoms with E-state index in [4.69, 9.17) is 4.74 Å². The molecule has 1 fully saturated rings. The summed E-state index contributed by atoms with van der Waals surface area (Å²) < 4.78 is 6.16. The van der Waals surface area contributed by atoms with Crippen LogP contribution in [0.15, 0.2) is 22.7 Å². The van der Waals surface area contributed by atoms with Gasteiger partial charge in [0.2, 0.25) is 5.91 Å². The first-order valence-electron chi connectivity index (χ1n) is 6.92. The summed E-state index contributed by atoms with van der Waals surface area (Å²) in [7, 11) is 1.65. The van der Waals surface area contributed by atoms with E-state index < -0.39 is 0 Å². The molecular weight excluding hydrogens is 320 g/mol. The van der Waals surface area contributed by atoms with Crippen LogP contribution in [0.4, 0.5) is 5.69 Å². The minimum atomic E-state index is 0.0839. The van der Waals surface area contributed by atoms with Gasteiger partial charge >= 0.3 is 0 Å². The molecule has 2 unspecified atom stereocenters. The lowest BCUT2D eigenvalue weighted by Crippen LogP contribution is -2.40. The van der Waals surface area contributed by atoms with E-state index in [-0.39, 0.29) is 11.8 Å². The van der Waals surface area contributed by atoms with Crippen LogP contribution in [0.2, 0.25) is 0 Å². The number of hydrogen-bond donors (Lipinski definition) is 2. The zero-order chi connectivity index (χ0) is 14.5. The van der Waals surface area contributed by atoms with Crippen LogP contribution in [0.5, 0.6) is 0 Å². The summed E-state index contributed by atoms with van der Waals surface area (Å²) in [4.78, 5) is 12.4. The van der Waals surface area contributed by atoms with Crippen molar-refractivity contribution < 1.29 is 9.53 Å². The predicted octanol–water partition coefficient (Wildman–Crippen LogP) is 2.92. The van der Waals surface area contributed by atoms with E-state index >= 15 is 0 Å². The molecule has 5 heteroatoms. The maximum Gasteiger partial charge on any atom is 0.227 e. The normalized spacial score (nSPS) is 22.6. The molecule has 0 saturated carbocycles. The van der Waals surface area contributed by atoms with E-state index in [2.05, 4.69) is 33.5 Å². The lowest BCUT2D eigenvalue weighted by atomic mass is 9.92. The smallest absolute Gasteiger partial charge is 0.227 e. The second-order valence-electron chi connectivity index (χ2n) is 5.26. The molecule has 0 radical (unpaired) electrons. The third-order valence-corrected chi connectivity index (χ3v) is 4.40. The van der Waals surface area contributed by atoms with Gasteiger partial charge in [-0.25, -0.2) is 0 Å². The number of methoxy groups -OCH3 is 1. The Kier molecular flexibility index (Phi) is 5.57. The Hall–Kier alpha value is -0.910. The van der Waals surface area contributed by atoms with Gasteiger partial charge in [-0.05, 0) is 38.4 Å². The average molecular weight is 341 g/mol. The number of nitrogens with one attached hydrogen (secondary N) is 2. The van der Waals surface area contributed by atoms with Crippen molar-refractivity contribution in [3.8, 4) is 0 Å². The molecule has 1 heterocycles. The van der Waals surface area contributed by atoms with Gasteiger partial charge in [0, 0.05) is 34.8 Å². The van der Waals surface area contributed by atoms with Gasteiger partial charge in [-0.3, -0.25) is 4.79 Å². The fourth-order valence-corrected chi connectivity index (χ4v) is 3.05. The van der Waals surface area contributed by atoms with Gasteiger partial charge in [-0.15, -0.1) is 0 Å². The maximum absolute atomic E-state index is 12.4. The first-order valence-corrected chi connectivity index (χ1v) is 7.71. The van der Waals surface area contributed by atoms with Crippen LogP contribution >= 0.6 is 15.9 Å². The molecule has 0 aliphatic carbocycles. The van der Waals surface area contributed by atoms with Crippen LogP contribution in [0.25, 0.3) is 0 Å². The predicted molar refractivity (Wildman–Crippen MR) is 83.7 cm³/mol. The molecule has 2 N–H and O–H groups in total. The van der Waals surface area contributed by atoms with E-state index in [0.717, 1.165) is 35.1 Å². The van der Waals surface area contributed by atoms with Gasteiger partial charge in [-0.2, -0.15) is 0 Å². The number of amides is 1. The number of anilines is 1. The van der Waals surface area contributed by atoms with Crippen molar-refractivity contribution in [1.82, 2.24) is 5.32 Å². The molecule has 1 saturated heterocycles. The second kappa shape index (κ2) is 7.20. The molecule has 1 aromatic carbocycles. The lowest BCUT2D eigenvalue weighted by Gasteiger charge is -2.27. The van der Waals surface area contributed by atoms with Crippen LogP contribution in [0.3, 0.4) is 0 Å². The topological polar surface area (TPSA) is 50.4 Å². The SMILES string of the molecule is COCc1c(Br)cccc1NC(=O)C1CCNC(C)C1. The molecule has 2 atom stereocenters. The van der Waals surface area contributed by atoms with E-state index in [0.29, 0.717) is 12.6 Å². The van der Waals surface area contributed by atoms with Crippen LogP contribution < -0.4 is 10.6 Å². The highest BCUT2D eigenvalue weighted by atomic mass is 79.9. The summed E-state index contributed by atoms with van der Waals surface area (Å²) in [5.41, 5.74) is 1.81. The maximum atomic E-state index is 12.4. The summed E-state index contributed by atoms with van der Waals surface area (Å²) in [6.07, 6.45) is 1.78. The number of ether oxygens (including phenoxy) is 1. The Bertz CT molecular complexity index is 479. The highest BCUT2D eigenvalue weighted by molar-refractivity contribution is 9.10. The molecule has 2 rings (SSSR count). The van der Waals surface area contributed by atoms with E-state index in [1.165, 1.54) is 0 Å². The molecule has 0 spiro atoms. The lowest BCUT2D eigenvalue weighted by molar-refractivity contribution is -0.120. The highest BCUT2D eigenvalue weighted by Gasteiger charge is 2.25.